The summed E-state index contributed by atoms with van der Waals surface area (Å²) in [5, 5.41) is 6.55. The van der Waals surface area contributed by atoms with Gasteiger partial charge in [-0.3, -0.25) is 14.5 Å². The number of pyridine rings is 1. The van der Waals surface area contributed by atoms with Crippen LogP contribution < -0.4 is 4.74 Å². The molecule has 4 aromatic rings. The molecule has 1 aliphatic rings. The molecule has 160 valence electrons. The molecule has 3 heterocycles. The first-order chi connectivity index (χ1) is 15.6. The van der Waals surface area contributed by atoms with Crippen LogP contribution >= 0.6 is 11.6 Å². The zero-order valence-electron chi connectivity index (χ0n) is 17.3. The van der Waals surface area contributed by atoms with Gasteiger partial charge in [0, 0.05) is 41.5 Å². The maximum atomic E-state index is 12.0. The molecule has 1 unspecified atom stereocenters. The van der Waals surface area contributed by atoms with Crippen LogP contribution in [0.2, 0.25) is 5.02 Å². The SMILES string of the molecule is C=CC(=O)N1CCC(n2nc(-c3ccc(Oc4cccc(Cl)c4)cc3)c3cnccc32)C1. The lowest BCUT2D eigenvalue weighted by molar-refractivity contribution is -0.125. The maximum Gasteiger partial charge on any atom is 0.246 e. The van der Waals surface area contributed by atoms with Crippen LogP contribution in [0, 0.1) is 0 Å². The largest absolute Gasteiger partial charge is 0.457 e. The Labute approximate surface area is 190 Å². The molecule has 1 atom stereocenters. The summed E-state index contributed by atoms with van der Waals surface area (Å²) < 4.78 is 7.93. The van der Waals surface area contributed by atoms with E-state index >= 15 is 0 Å². The van der Waals surface area contributed by atoms with E-state index in [1.807, 2.05) is 64.3 Å². The number of carbonyl (C=O) groups is 1. The predicted octanol–water partition coefficient (Wildman–Crippen LogP) is 5.50. The fraction of sp³-hybridized carbons (Fsp3) is 0.160. The normalized spacial score (nSPS) is 15.8. The van der Waals surface area contributed by atoms with E-state index in [2.05, 4.69) is 11.6 Å². The maximum absolute atomic E-state index is 12.0. The van der Waals surface area contributed by atoms with Crippen molar-refractivity contribution >= 4 is 28.4 Å². The number of aromatic nitrogens is 3. The van der Waals surface area contributed by atoms with Gasteiger partial charge in [0.2, 0.25) is 5.91 Å². The minimum Gasteiger partial charge on any atom is -0.457 e. The number of carbonyl (C=O) groups excluding carboxylic acids is 1. The molecule has 0 aliphatic carbocycles. The van der Waals surface area contributed by atoms with Crippen LogP contribution in [0.4, 0.5) is 0 Å². The van der Waals surface area contributed by atoms with Gasteiger partial charge >= 0.3 is 0 Å². The summed E-state index contributed by atoms with van der Waals surface area (Å²) in [4.78, 5) is 18.1. The highest BCUT2D eigenvalue weighted by atomic mass is 35.5. The van der Waals surface area contributed by atoms with E-state index in [-0.39, 0.29) is 11.9 Å². The van der Waals surface area contributed by atoms with E-state index in [0.717, 1.165) is 28.6 Å². The Balaban J connectivity index is 1.45. The predicted molar refractivity (Wildman–Crippen MR) is 125 cm³/mol. The number of fused-ring (bicyclic) bond motifs is 1. The Kier molecular flexibility index (Phi) is 5.37. The second-order valence-electron chi connectivity index (χ2n) is 7.70. The number of ether oxygens (including phenoxy) is 1. The van der Waals surface area contributed by atoms with Crippen molar-refractivity contribution in [2.45, 2.75) is 12.5 Å². The van der Waals surface area contributed by atoms with Crippen molar-refractivity contribution in [2.75, 3.05) is 13.1 Å². The summed E-state index contributed by atoms with van der Waals surface area (Å²) in [5.41, 5.74) is 2.83. The van der Waals surface area contributed by atoms with Crippen molar-refractivity contribution in [2.24, 2.45) is 0 Å². The summed E-state index contributed by atoms with van der Waals surface area (Å²) in [6.45, 7) is 4.92. The topological polar surface area (TPSA) is 60.2 Å². The highest BCUT2D eigenvalue weighted by Gasteiger charge is 2.28. The molecule has 0 bridgehead atoms. The molecule has 1 amide bonds. The summed E-state index contributed by atoms with van der Waals surface area (Å²) in [6, 6.07) is 17.2. The van der Waals surface area contributed by atoms with E-state index in [0.29, 0.717) is 29.6 Å². The second kappa shape index (κ2) is 8.48. The number of benzene rings is 2. The molecular weight excluding hydrogens is 424 g/mol. The Morgan fingerprint density at radius 3 is 2.78 bits per heavy atom. The molecular formula is C25H21ClN4O2. The van der Waals surface area contributed by atoms with Gasteiger partial charge in [-0.1, -0.05) is 24.2 Å². The molecule has 0 N–H and O–H groups in total. The molecule has 0 radical (unpaired) electrons. The molecule has 6 nitrogen and oxygen atoms in total. The average Bonchev–Trinajstić information content (AvgIpc) is 3.44. The number of likely N-dealkylation sites (tertiary alicyclic amines) is 1. The van der Waals surface area contributed by atoms with Crippen molar-refractivity contribution in [3.63, 3.8) is 0 Å². The third kappa shape index (κ3) is 3.85. The first-order valence-electron chi connectivity index (χ1n) is 10.4. The average molecular weight is 445 g/mol. The molecule has 2 aromatic carbocycles. The number of hydrogen-bond donors (Lipinski definition) is 0. The van der Waals surface area contributed by atoms with E-state index in [1.165, 1.54) is 6.08 Å². The Morgan fingerprint density at radius 2 is 2.00 bits per heavy atom. The van der Waals surface area contributed by atoms with Gasteiger partial charge in [-0.05, 0) is 61.0 Å². The van der Waals surface area contributed by atoms with Crippen LogP contribution in [0.15, 0.2) is 79.6 Å². The standard InChI is InChI=1S/C25H21ClN4O2/c1-2-24(31)29-13-11-19(16-29)30-23-10-12-27-15-22(23)25(28-30)17-6-8-20(9-7-17)32-21-5-3-4-18(26)14-21/h2-10,12,14-15,19H,1,11,13,16H2. The van der Waals surface area contributed by atoms with Crippen LogP contribution in [0.1, 0.15) is 12.5 Å². The van der Waals surface area contributed by atoms with E-state index in [1.54, 1.807) is 12.3 Å². The number of nitrogens with zero attached hydrogens (tertiary/aromatic N) is 4. The number of amides is 1. The summed E-state index contributed by atoms with van der Waals surface area (Å²) in [6.07, 6.45) is 5.83. The van der Waals surface area contributed by atoms with Gasteiger partial charge in [0.15, 0.2) is 0 Å². The monoisotopic (exact) mass is 444 g/mol. The zero-order chi connectivity index (χ0) is 22.1. The third-order valence-electron chi connectivity index (χ3n) is 5.66. The molecule has 32 heavy (non-hydrogen) atoms. The molecule has 0 spiro atoms. The smallest absolute Gasteiger partial charge is 0.246 e. The Bertz CT molecular complexity index is 1300. The zero-order valence-corrected chi connectivity index (χ0v) is 18.1. The summed E-state index contributed by atoms with van der Waals surface area (Å²) in [7, 11) is 0. The third-order valence-corrected chi connectivity index (χ3v) is 5.90. The van der Waals surface area contributed by atoms with E-state index in [9.17, 15) is 4.79 Å². The van der Waals surface area contributed by atoms with Crippen molar-refractivity contribution < 1.29 is 9.53 Å². The van der Waals surface area contributed by atoms with Crippen molar-refractivity contribution in [3.8, 4) is 22.8 Å². The fourth-order valence-electron chi connectivity index (χ4n) is 4.09. The van der Waals surface area contributed by atoms with Crippen LogP contribution in [-0.2, 0) is 4.79 Å². The van der Waals surface area contributed by atoms with Crippen LogP contribution in [0.3, 0.4) is 0 Å². The van der Waals surface area contributed by atoms with Gasteiger partial charge in [-0.2, -0.15) is 5.10 Å². The summed E-state index contributed by atoms with van der Waals surface area (Å²) >= 11 is 6.04. The number of hydrogen-bond acceptors (Lipinski definition) is 4. The molecule has 1 saturated heterocycles. The lowest BCUT2D eigenvalue weighted by Gasteiger charge is -2.15. The van der Waals surface area contributed by atoms with Gasteiger partial charge in [0.05, 0.1) is 11.6 Å². The Hall–Kier alpha value is -3.64. The van der Waals surface area contributed by atoms with Gasteiger partial charge in [0.1, 0.15) is 17.2 Å². The Morgan fingerprint density at radius 1 is 1.16 bits per heavy atom. The van der Waals surface area contributed by atoms with Crippen LogP contribution in [0.5, 0.6) is 11.5 Å². The van der Waals surface area contributed by atoms with Gasteiger partial charge in [-0.25, -0.2) is 0 Å². The van der Waals surface area contributed by atoms with Gasteiger partial charge in [0.25, 0.3) is 0 Å². The molecule has 2 aromatic heterocycles. The van der Waals surface area contributed by atoms with E-state index in [4.69, 9.17) is 21.4 Å². The van der Waals surface area contributed by atoms with Crippen LogP contribution in [-0.4, -0.2) is 38.7 Å². The number of halogens is 1. The summed E-state index contributed by atoms with van der Waals surface area (Å²) in [5.74, 6) is 1.36. The second-order valence-corrected chi connectivity index (χ2v) is 8.14. The number of rotatable bonds is 5. The fourth-order valence-corrected chi connectivity index (χ4v) is 4.27. The minimum absolute atomic E-state index is 0.0406. The minimum atomic E-state index is -0.0406. The molecule has 0 saturated carbocycles. The van der Waals surface area contributed by atoms with Gasteiger partial charge in [-0.15, -0.1) is 0 Å². The highest BCUT2D eigenvalue weighted by molar-refractivity contribution is 6.30. The van der Waals surface area contributed by atoms with Crippen molar-refractivity contribution in [1.82, 2.24) is 19.7 Å². The first kappa shape index (κ1) is 20.3. The highest BCUT2D eigenvalue weighted by Crippen LogP contribution is 2.33. The van der Waals surface area contributed by atoms with Gasteiger partial charge < -0.3 is 9.64 Å². The first-order valence-corrected chi connectivity index (χ1v) is 10.8. The lowest BCUT2D eigenvalue weighted by atomic mass is 10.1. The van der Waals surface area contributed by atoms with E-state index < -0.39 is 0 Å². The van der Waals surface area contributed by atoms with Crippen LogP contribution in [0.25, 0.3) is 22.2 Å². The van der Waals surface area contributed by atoms with Crippen molar-refractivity contribution in [3.05, 3.63) is 84.7 Å². The van der Waals surface area contributed by atoms with Crippen molar-refractivity contribution in [1.29, 1.82) is 0 Å². The quantitative estimate of drug-likeness (QED) is 0.381. The molecule has 7 heteroatoms. The molecule has 1 fully saturated rings. The lowest BCUT2D eigenvalue weighted by Crippen LogP contribution is -2.27. The molecule has 1 aliphatic heterocycles. The molecule has 5 rings (SSSR count).